The van der Waals surface area contributed by atoms with Gasteiger partial charge in [-0.15, -0.1) is 0 Å². The van der Waals surface area contributed by atoms with Crippen molar-refractivity contribution in [1.82, 2.24) is 9.21 Å². The molecule has 7 nitrogen and oxygen atoms in total. The van der Waals surface area contributed by atoms with Crippen molar-refractivity contribution in [2.24, 2.45) is 5.92 Å². The third kappa shape index (κ3) is 3.24. The number of ether oxygens (including phenoxy) is 1. The number of phenols is 1. The Balaban J connectivity index is 1.48. The van der Waals surface area contributed by atoms with Crippen molar-refractivity contribution in [1.29, 1.82) is 0 Å². The largest absolute Gasteiger partial charge is 0.504 e. The van der Waals surface area contributed by atoms with Gasteiger partial charge in [-0.1, -0.05) is 50.2 Å². The minimum Gasteiger partial charge on any atom is -0.504 e. The van der Waals surface area contributed by atoms with Gasteiger partial charge in [-0.2, -0.15) is 4.31 Å². The Hall–Kier alpha value is -2.13. The topological polar surface area (TPSA) is 90.3 Å². The first-order valence-electron chi connectivity index (χ1n) is 13.1. The number of benzene rings is 2. The van der Waals surface area contributed by atoms with E-state index in [1.54, 1.807) is 10.4 Å². The van der Waals surface area contributed by atoms with Gasteiger partial charge in [0.05, 0.1) is 22.8 Å². The van der Waals surface area contributed by atoms with Gasteiger partial charge in [0.1, 0.15) is 6.10 Å². The van der Waals surface area contributed by atoms with Crippen LogP contribution in [0, 0.1) is 5.92 Å². The second-order valence-corrected chi connectivity index (χ2v) is 13.6. The Labute approximate surface area is 213 Å². The van der Waals surface area contributed by atoms with Crippen LogP contribution in [0.25, 0.3) is 0 Å². The fourth-order valence-electron chi connectivity index (χ4n) is 7.70. The minimum absolute atomic E-state index is 0.0681. The van der Waals surface area contributed by atoms with Gasteiger partial charge >= 0.3 is 0 Å². The highest BCUT2D eigenvalue weighted by Crippen LogP contribution is 2.65. The summed E-state index contributed by atoms with van der Waals surface area (Å²) in [6.07, 6.45) is 1.81. The van der Waals surface area contributed by atoms with Crippen LogP contribution in [-0.2, 0) is 27.6 Å². The van der Waals surface area contributed by atoms with Gasteiger partial charge in [0.2, 0.25) is 10.0 Å². The number of hydrogen-bond donors (Lipinski definition) is 2. The summed E-state index contributed by atoms with van der Waals surface area (Å²) in [5.41, 5.74) is 0.972. The first-order valence-corrected chi connectivity index (χ1v) is 14.7. The van der Waals surface area contributed by atoms with Crippen LogP contribution in [0.4, 0.5) is 0 Å². The molecule has 1 unspecified atom stereocenters. The van der Waals surface area contributed by atoms with Crippen molar-refractivity contribution >= 4 is 10.0 Å². The molecule has 5 atom stereocenters. The molecule has 2 N–H and O–H groups in total. The molecule has 2 aliphatic carbocycles. The Morgan fingerprint density at radius 3 is 2.64 bits per heavy atom. The minimum atomic E-state index is -3.68. The van der Waals surface area contributed by atoms with Gasteiger partial charge in [-0.05, 0) is 62.4 Å². The molecule has 2 aromatic rings. The standard InChI is InChI=1S/C28H36N2O5S/c1-18(2)16-30(36(33,34)17-19-7-5-4-6-8-19)21-11-12-28(32)23-15-20-9-10-22(31)25-24(20)27(28,26(21)35-25)13-14-29(23)3/h4-10,18,21,23,26,31-32H,11-17H2,1-3H3/t21-,23-,26+,27+,28?/m1/s1. The Morgan fingerprint density at radius 2 is 1.92 bits per heavy atom. The maximum atomic E-state index is 14.0. The normalized spacial score (nSPS) is 33.0. The number of likely N-dealkylation sites (tertiary alicyclic amines) is 1. The SMILES string of the molecule is CC(C)CN([C@@H]1CCC2(O)[C@H]3Cc4ccc(O)c5c4[C@@]2(CCN3C)[C@H]1O5)S(=O)(=O)Cc1ccccc1. The lowest BCUT2D eigenvalue weighted by Gasteiger charge is -2.64. The highest BCUT2D eigenvalue weighted by Gasteiger charge is 2.73. The number of piperidine rings is 1. The van der Waals surface area contributed by atoms with Crippen molar-refractivity contribution in [3.8, 4) is 11.5 Å². The number of aromatic hydroxyl groups is 1. The molecule has 194 valence electrons. The van der Waals surface area contributed by atoms with E-state index in [0.717, 1.165) is 23.2 Å². The van der Waals surface area contributed by atoms with Crippen LogP contribution in [0.5, 0.6) is 11.5 Å². The molecule has 2 fully saturated rings. The van der Waals surface area contributed by atoms with E-state index in [0.29, 0.717) is 38.0 Å². The molecule has 1 saturated carbocycles. The van der Waals surface area contributed by atoms with Crippen LogP contribution in [-0.4, -0.2) is 71.8 Å². The number of nitrogens with zero attached hydrogens (tertiary/aromatic N) is 2. The Kier molecular flexibility index (Phi) is 5.51. The molecule has 8 heteroatoms. The summed E-state index contributed by atoms with van der Waals surface area (Å²) < 4.78 is 36.2. The second-order valence-electron chi connectivity index (χ2n) is 11.6. The number of aliphatic hydroxyl groups is 1. The van der Waals surface area contributed by atoms with Crippen LogP contribution in [0.15, 0.2) is 42.5 Å². The maximum Gasteiger partial charge on any atom is 0.218 e. The first-order chi connectivity index (χ1) is 17.1. The third-order valence-corrected chi connectivity index (χ3v) is 11.0. The molecule has 2 aromatic carbocycles. The van der Waals surface area contributed by atoms with Crippen molar-refractivity contribution in [2.45, 2.75) is 74.5 Å². The molecule has 4 aliphatic rings. The van der Waals surface area contributed by atoms with Gasteiger partial charge in [-0.25, -0.2) is 8.42 Å². The summed E-state index contributed by atoms with van der Waals surface area (Å²) >= 11 is 0. The predicted molar refractivity (Wildman–Crippen MR) is 138 cm³/mol. The molecule has 2 aliphatic heterocycles. The molecule has 2 heterocycles. The summed E-state index contributed by atoms with van der Waals surface area (Å²) in [7, 11) is -1.61. The smallest absolute Gasteiger partial charge is 0.218 e. The van der Waals surface area contributed by atoms with Gasteiger partial charge in [0, 0.05) is 18.2 Å². The van der Waals surface area contributed by atoms with E-state index in [1.807, 2.05) is 50.2 Å². The average molecular weight is 513 g/mol. The zero-order chi connectivity index (χ0) is 25.5. The molecule has 1 saturated heterocycles. The maximum absolute atomic E-state index is 14.0. The van der Waals surface area contributed by atoms with E-state index < -0.39 is 33.2 Å². The molecule has 0 aromatic heterocycles. The molecule has 1 spiro atoms. The number of likely N-dealkylation sites (N-methyl/N-ethyl adjacent to an activating group) is 1. The quantitative estimate of drug-likeness (QED) is 0.619. The summed E-state index contributed by atoms with van der Waals surface area (Å²) in [6.45, 7) is 5.23. The highest BCUT2D eigenvalue weighted by atomic mass is 32.2. The van der Waals surface area contributed by atoms with Crippen LogP contribution >= 0.6 is 0 Å². The highest BCUT2D eigenvalue weighted by molar-refractivity contribution is 7.88. The van der Waals surface area contributed by atoms with Gasteiger partial charge in [0.15, 0.2) is 11.5 Å². The molecular weight excluding hydrogens is 476 g/mol. The zero-order valence-electron chi connectivity index (χ0n) is 21.2. The lowest BCUT2D eigenvalue weighted by molar-refractivity contribution is -0.192. The van der Waals surface area contributed by atoms with Gasteiger partial charge < -0.3 is 19.8 Å². The van der Waals surface area contributed by atoms with E-state index in [1.165, 1.54) is 0 Å². The Morgan fingerprint density at radius 1 is 1.17 bits per heavy atom. The average Bonchev–Trinajstić information content (AvgIpc) is 3.18. The third-order valence-electron chi connectivity index (χ3n) is 9.16. The van der Waals surface area contributed by atoms with E-state index in [9.17, 15) is 18.6 Å². The summed E-state index contributed by atoms with van der Waals surface area (Å²) in [5, 5.41) is 23.2. The van der Waals surface area contributed by atoms with Gasteiger partial charge in [-0.3, -0.25) is 0 Å². The summed E-state index contributed by atoms with van der Waals surface area (Å²) in [5.74, 6) is 0.558. The van der Waals surface area contributed by atoms with Crippen molar-refractivity contribution in [3.05, 3.63) is 59.2 Å². The van der Waals surface area contributed by atoms with Crippen molar-refractivity contribution < 1.29 is 23.4 Å². The van der Waals surface area contributed by atoms with Crippen LogP contribution < -0.4 is 4.74 Å². The zero-order valence-corrected chi connectivity index (χ0v) is 22.0. The van der Waals surface area contributed by atoms with E-state index in [-0.39, 0.29) is 23.5 Å². The fourth-order valence-corrected chi connectivity index (χ4v) is 9.64. The Bertz CT molecular complexity index is 1280. The first kappa shape index (κ1) is 24.2. The van der Waals surface area contributed by atoms with E-state index in [4.69, 9.17) is 4.74 Å². The monoisotopic (exact) mass is 512 g/mol. The molecule has 0 amide bonds. The molecular formula is C28H36N2O5S. The number of phenolic OH excluding ortho intramolecular Hbond substituents is 1. The van der Waals surface area contributed by atoms with E-state index in [2.05, 4.69) is 11.9 Å². The van der Waals surface area contributed by atoms with Gasteiger partial charge in [0.25, 0.3) is 0 Å². The molecule has 36 heavy (non-hydrogen) atoms. The molecule has 0 radical (unpaired) electrons. The van der Waals surface area contributed by atoms with Crippen LogP contribution in [0.3, 0.4) is 0 Å². The predicted octanol–water partition coefficient (Wildman–Crippen LogP) is 3.03. The van der Waals surface area contributed by atoms with Crippen LogP contribution in [0.2, 0.25) is 0 Å². The van der Waals surface area contributed by atoms with Crippen molar-refractivity contribution in [2.75, 3.05) is 20.1 Å². The lowest BCUT2D eigenvalue weighted by atomic mass is 9.48. The number of hydrogen-bond acceptors (Lipinski definition) is 6. The summed E-state index contributed by atoms with van der Waals surface area (Å²) in [6, 6.07) is 12.4. The molecule has 2 bridgehead atoms. The second kappa shape index (κ2) is 8.18. The molecule has 6 rings (SSSR count). The van der Waals surface area contributed by atoms with Crippen LogP contribution in [0.1, 0.15) is 49.8 Å². The summed E-state index contributed by atoms with van der Waals surface area (Å²) in [4.78, 5) is 2.24. The number of sulfonamides is 1. The number of rotatable bonds is 6. The van der Waals surface area contributed by atoms with Crippen molar-refractivity contribution in [3.63, 3.8) is 0 Å². The fraction of sp³-hybridized carbons (Fsp3) is 0.571. The lowest BCUT2D eigenvalue weighted by Crippen LogP contribution is -2.78. The van der Waals surface area contributed by atoms with E-state index >= 15 is 0 Å².